The second-order valence-electron chi connectivity index (χ2n) is 6.56. The van der Waals surface area contributed by atoms with Gasteiger partial charge in [0.05, 0.1) is 17.7 Å². The van der Waals surface area contributed by atoms with E-state index in [9.17, 15) is 19.3 Å². The maximum Gasteiger partial charge on any atom is 0.271 e. The summed E-state index contributed by atoms with van der Waals surface area (Å²) in [4.78, 5) is 22.3. The van der Waals surface area contributed by atoms with Gasteiger partial charge in [-0.3, -0.25) is 14.9 Å². The monoisotopic (exact) mass is 437 g/mol. The van der Waals surface area contributed by atoms with E-state index in [-0.39, 0.29) is 17.9 Å². The minimum atomic E-state index is -0.464. The largest absolute Gasteiger partial charge is 0.490 e. The number of halogens is 1. The van der Waals surface area contributed by atoms with Crippen LogP contribution in [-0.4, -0.2) is 23.7 Å². The first-order valence-electron chi connectivity index (χ1n) is 9.68. The van der Waals surface area contributed by atoms with E-state index in [1.807, 2.05) is 6.92 Å². The molecule has 32 heavy (non-hydrogen) atoms. The Kier molecular flexibility index (Phi) is 7.47. The molecule has 1 amide bonds. The van der Waals surface area contributed by atoms with Gasteiger partial charge in [0.2, 0.25) is 0 Å². The fourth-order valence-corrected chi connectivity index (χ4v) is 2.70. The summed E-state index contributed by atoms with van der Waals surface area (Å²) in [5, 5.41) is 14.7. The van der Waals surface area contributed by atoms with Crippen LogP contribution in [0.1, 0.15) is 28.4 Å². The Balaban J connectivity index is 1.64. The number of nitro groups is 1. The van der Waals surface area contributed by atoms with Gasteiger partial charge in [0.1, 0.15) is 12.4 Å². The van der Waals surface area contributed by atoms with Crippen molar-refractivity contribution in [2.45, 2.75) is 13.5 Å². The number of non-ortho nitro benzene ring substituents is 1. The van der Waals surface area contributed by atoms with Gasteiger partial charge in [0.25, 0.3) is 11.6 Å². The number of carbonyl (C=O) groups excluding carboxylic acids is 1. The van der Waals surface area contributed by atoms with Crippen molar-refractivity contribution in [2.24, 2.45) is 5.10 Å². The van der Waals surface area contributed by atoms with Crippen molar-refractivity contribution in [1.29, 1.82) is 0 Å². The first-order valence-corrected chi connectivity index (χ1v) is 9.68. The third-order valence-corrected chi connectivity index (χ3v) is 4.30. The molecule has 0 radical (unpaired) electrons. The molecule has 1 N–H and O–H groups in total. The Morgan fingerprint density at radius 2 is 1.78 bits per heavy atom. The highest BCUT2D eigenvalue weighted by atomic mass is 19.1. The lowest BCUT2D eigenvalue weighted by molar-refractivity contribution is -0.384. The highest BCUT2D eigenvalue weighted by Crippen LogP contribution is 2.29. The zero-order valence-electron chi connectivity index (χ0n) is 17.2. The van der Waals surface area contributed by atoms with Crippen LogP contribution in [0.5, 0.6) is 11.5 Å². The fourth-order valence-electron chi connectivity index (χ4n) is 2.70. The van der Waals surface area contributed by atoms with Crippen molar-refractivity contribution < 1.29 is 23.6 Å². The van der Waals surface area contributed by atoms with Crippen LogP contribution >= 0.6 is 0 Å². The van der Waals surface area contributed by atoms with Gasteiger partial charge in [-0.05, 0) is 72.6 Å². The highest BCUT2D eigenvalue weighted by Gasteiger charge is 2.09. The molecular weight excluding hydrogens is 417 g/mol. The van der Waals surface area contributed by atoms with Crippen LogP contribution in [0.2, 0.25) is 0 Å². The molecule has 0 aliphatic rings. The number of nitro benzene ring substituents is 1. The summed E-state index contributed by atoms with van der Waals surface area (Å²) in [7, 11) is 0. The number of hydrazone groups is 1. The summed E-state index contributed by atoms with van der Waals surface area (Å²) in [5.41, 5.74) is 4.11. The van der Waals surface area contributed by atoms with Crippen LogP contribution in [0.15, 0.2) is 71.8 Å². The van der Waals surface area contributed by atoms with Crippen LogP contribution < -0.4 is 14.9 Å². The van der Waals surface area contributed by atoms with Crippen LogP contribution in [0, 0.1) is 15.9 Å². The summed E-state index contributed by atoms with van der Waals surface area (Å²) < 4.78 is 24.4. The average molecular weight is 437 g/mol. The third-order valence-electron chi connectivity index (χ3n) is 4.30. The number of ether oxygens (including phenoxy) is 2. The number of hydrogen-bond donors (Lipinski definition) is 1. The zero-order chi connectivity index (χ0) is 22.9. The summed E-state index contributed by atoms with van der Waals surface area (Å²) in [6.45, 7) is 2.46. The van der Waals surface area contributed by atoms with E-state index in [2.05, 4.69) is 10.5 Å². The lowest BCUT2D eigenvalue weighted by atomic mass is 10.2. The Labute approximate surface area is 183 Å². The molecule has 0 atom stereocenters. The van der Waals surface area contributed by atoms with E-state index in [0.29, 0.717) is 23.7 Å². The second kappa shape index (κ2) is 10.7. The molecule has 0 aromatic heterocycles. The molecule has 0 aliphatic heterocycles. The molecule has 3 aromatic rings. The predicted octanol–water partition coefficient (Wildman–Crippen LogP) is 4.48. The Hall–Kier alpha value is -4.27. The van der Waals surface area contributed by atoms with E-state index in [4.69, 9.17) is 9.47 Å². The lowest BCUT2D eigenvalue weighted by Gasteiger charge is -2.12. The normalized spacial score (nSPS) is 10.7. The standard InChI is InChI=1S/C23H20FN3O5/c1-2-31-22-13-17(14-25-26-23(28)18-6-8-19(24)9-7-18)5-12-21(22)32-15-16-3-10-20(11-4-16)27(29)30/h3-14H,2,15H2,1H3,(H,26,28)/b25-14-. The van der Waals surface area contributed by atoms with E-state index in [0.717, 1.165) is 5.56 Å². The van der Waals surface area contributed by atoms with Crippen molar-refractivity contribution in [3.63, 3.8) is 0 Å². The molecule has 0 aliphatic carbocycles. The highest BCUT2D eigenvalue weighted by molar-refractivity contribution is 5.94. The van der Waals surface area contributed by atoms with Crippen LogP contribution in [0.25, 0.3) is 0 Å². The number of benzene rings is 3. The molecular formula is C23H20FN3O5. The number of carbonyl (C=O) groups is 1. The SMILES string of the molecule is CCOc1cc(/C=N\NC(=O)c2ccc(F)cc2)ccc1OCc1ccc([N+](=O)[O-])cc1. The van der Waals surface area contributed by atoms with Gasteiger partial charge in [0.15, 0.2) is 11.5 Å². The first-order chi connectivity index (χ1) is 15.5. The van der Waals surface area contributed by atoms with Gasteiger partial charge in [-0.15, -0.1) is 0 Å². The van der Waals surface area contributed by atoms with Crippen molar-refractivity contribution in [1.82, 2.24) is 5.43 Å². The van der Waals surface area contributed by atoms with Gasteiger partial charge in [-0.25, -0.2) is 9.82 Å². The number of rotatable bonds is 9. The predicted molar refractivity (Wildman–Crippen MR) is 116 cm³/mol. The van der Waals surface area contributed by atoms with E-state index < -0.39 is 16.6 Å². The van der Waals surface area contributed by atoms with Gasteiger partial charge in [0, 0.05) is 17.7 Å². The summed E-state index contributed by atoms with van der Waals surface area (Å²) >= 11 is 0. The molecule has 0 spiro atoms. The molecule has 0 bridgehead atoms. The van der Waals surface area contributed by atoms with Gasteiger partial charge < -0.3 is 9.47 Å². The third kappa shape index (κ3) is 6.11. The first kappa shape index (κ1) is 22.4. The maximum absolute atomic E-state index is 12.9. The Morgan fingerprint density at radius 1 is 1.06 bits per heavy atom. The number of amides is 1. The van der Waals surface area contributed by atoms with E-state index in [1.165, 1.54) is 42.6 Å². The van der Waals surface area contributed by atoms with E-state index in [1.54, 1.807) is 30.3 Å². The van der Waals surface area contributed by atoms with Gasteiger partial charge in [-0.1, -0.05) is 0 Å². The minimum absolute atomic E-state index is 0.0129. The number of nitrogens with one attached hydrogen (secondary N) is 1. The quantitative estimate of drug-likeness (QED) is 0.302. The molecule has 0 saturated carbocycles. The fraction of sp³-hybridized carbons (Fsp3) is 0.130. The molecule has 0 heterocycles. The van der Waals surface area contributed by atoms with Crippen molar-refractivity contribution >= 4 is 17.8 Å². The molecule has 3 aromatic carbocycles. The second-order valence-corrected chi connectivity index (χ2v) is 6.56. The van der Waals surface area contributed by atoms with Crippen molar-refractivity contribution in [3.05, 3.63) is 99.4 Å². The number of hydrogen-bond acceptors (Lipinski definition) is 6. The average Bonchev–Trinajstić information content (AvgIpc) is 2.79. The summed E-state index contributed by atoms with van der Waals surface area (Å²) in [6.07, 6.45) is 1.45. The molecule has 9 heteroatoms. The lowest BCUT2D eigenvalue weighted by Crippen LogP contribution is -2.17. The van der Waals surface area contributed by atoms with Gasteiger partial charge >= 0.3 is 0 Å². The molecule has 164 valence electrons. The molecule has 8 nitrogen and oxygen atoms in total. The van der Waals surface area contributed by atoms with Crippen LogP contribution in [0.4, 0.5) is 10.1 Å². The van der Waals surface area contributed by atoms with Crippen LogP contribution in [0.3, 0.4) is 0 Å². The molecule has 0 fully saturated rings. The summed E-state index contributed by atoms with van der Waals surface area (Å²) in [5.74, 6) is 0.0969. The summed E-state index contributed by atoms with van der Waals surface area (Å²) in [6, 6.07) is 16.4. The molecule has 0 unspecified atom stereocenters. The topological polar surface area (TPSA) is 103 Å². The van der Waals surface area contributed by atoms with Crippen LogP contribution in [-0.2, 0) is 6.61 Å². The zero-order valence-corrected chi connectivity index (χ0v) is 17.2. The number of nitrogens with zero attached hydrogens (tertiary/aromatic N) is 2. The molecule has 3 rings (SSSR count). The maximum atomic E-state index is 12.9. The Bertz CT molecular complexity index is 1120. The molecule has 0 saturated heterocycles. The van der Waals surface area contributed by atoms with Crippen molar-refractivity contribution in [2.75, 3.05) is 6.61 Å². The van der Waals surface area contributed by atoms with Gasteiger partial charge in [-0.2, -0.15) is 5.10 Å². The minimum Gasteiger partial charge on any atom is -0.490 e. The van der Waals surface area contributed by atoms with Crippen molar-refractivity contribution in [3.8, 4) is 11.5 Å². The Morgan fingerprint density at radius 3 is 2.44 bits per heavy atom. The smallest absolute Gasteiger partial charge is 0.271 e. The van der Waals surface area contributed by atoms with E-state index >= 15 is 0 Å².